The van der Waals surface area contributed by atoms with E-state index in [0.29, 0.717) is 9.23 Å². The second-order valence-corrected chi connectivity index (χ2v) is 8.11. The minimum absolute atomic E-state index is 0.184. The topological polar surface area (TPSA) is 61.4 Å². The Labute approximate surface area is 148 Å². The van der Waals surface area contributed by atoms with Crippen LogP contribution in [-0.2, 0) is 4.79 Å². The predicted octanol–water partition coefficient (Wildman–Crippen LogP) is 3.50. The van der Waals surface area contributed by atoms with Crippen LogP contribution in [0.4, 0.5) is 4.79 Å². The molecule has 0 atom stereocenters. The second kappa shape index (κ2) is 7.46. The minimum Gasteiger partial charge on any atom is -0.334 e. The molecule has 2 heterocycles. The summed E-state index contributed by atoms with van der Waals surface area (Å²) in [7, 11) is 0. The molecule has 1 aliphatic carbocycles. The summed E-state index contributed by atoms with van der Waals surface area (Å²) in [5, 5.41) is 6.01. The molecule has 1 aromatic rings. The lowest BCUT2D eigenvalue weighted by atomic mass is 9.96. The van der Waals surface area contributed by atoms with E-state index in [1.54, 1.807) is 17.4 Å². The van der Waals surface area contributed by atoms with Crippen LogP contribution < -0.4 is 10.7 Å². The molecular formula is C15H17N3O2S3. The van der Waals surface area contributed by atoms with Crippen molar-refractivity contribution in [1.82, 2.24) is 15.8 Å². The van der Waals surface area contributed by atoms with Gasteiger partial charge in [0.05, 0.1) is 4.91 Å². The van der Waals surface area contributed by atoms with Crippen LogP contribution in [0.3, 0.4) is 0 Å². The van der Waals surface area contributed by atoms with Crippen LogP contribution in [0, 0.1) is 0 Å². The Bertz CT molecular complexity index is 636. The van der Waals surface area contributed by atoms with Crippen LogP contribution >= 0.6 is 35.3 Å². The Kier molecular flexibility index (Phi) is 5.34. The number of thiophene rings is 1. The van der Waals surface area contributed by atoms with Gasteiger partial charge in [-0.3, -0.25) is 4.79 Å². The van der Waals surface area contributed by atoms with Gasteiger partial charge < -0.3 is 5.32 Å². The van der Waals surface area contributed by atoms with Gasteiger partial charge in [-0.05, 0) is 42.6 Å². The van der Waals surface area contributed by atoms with Crippen molar-refractivity contribution in [2.45, 2.75) is 38.1 Å². The minimum atomic E-state index is -0.370. The fourth-order valence-electron chi connectivity index (χ4n) is 2.63. The highest BCUT2D eigenvalue weighted by atomic mass is 32.2. The normalized spacial score (nSPS) is 21.0. The number of thioether (sulfide) groups is 1. The lowest BCUT2D eigenvalue weighted by Crippen LogP contribution is -2.51. The van der Waals surface area contributed by atoms with Gasteiger partial charge in [0.2, 0.25) is 0 Å². The van der Waals surface area contributed by atoms with Crippen molar-refractivity contribution in [2.75, 3.05) is 0 Å². The molecule has 2 fully saturated rings. The molecule has 122 valence electrons. The third-order valence-electron chi connectivity index (χ3n) is 3.76. The molecule has 2 aliphatic rings. The number of carbonyl (C=O) groups excluding carboxylic acids is 2. The lowest BCUT2D eigenvalue weighted by Gasteiger charge is -2.24. The summed E-state index contributed by atoms with van der Waals surface area (Å²) in [5.41, 5.74) is 2.57. The first-order chi connectivity index (χ1) is 11.1. The van der Waals surface area contributed by atoms with Gasteiger partial charge in [0.15, 0.2) is 4.32 Å². The van der Waals surface area contributed by atoms with E-state index in [1.807, 2.05) is 17.5 Å². The van der Waals surface area contributed by atoms with Gasteiger partial charge in [-0.1, -0.05) is 37.1 Å². The number of thiocarbonyl (C=S) groups is 1. The summed E-state index contributed by atoms with van der Waals surface area (Å²) >= 11 is 7.95. The zero-order valence-electron chi connectivity index (χ0n) is 12.4. The zero-order chi connectivity index (χ0) is 16.2. The largest absolute Gasteiger partial charge is 0.334 e. The summed E-state index contributed by atoms with van der Waals surface area (Å²) in [4.78, 5) is 26.0. The molecular weight excluding hydrogens is 350 g/mol. The van der Waals surface area contributed by atoms with Crippen LogP contribution in [0.1, 0.15) is 37.0 Å². The summed E-state index contributed by atoms with van der Waals surface area (Å²) in [6, 6.07) is 3.67. The standard InChI is InChI=1S/C15H17N3O2S3/c19-13-12(9-11-7-4-8-22-11)23-15(21)18(13)17-14(20)16-10-5-2-1-3-6-10/h4,7-10H,1-3,5-6H2,(H2,16,17,20). The maximum absolute atomic E-state index is 12.4. The van der Waals surface area contributed by atoms with Crippen molar-refractivity contribution in [3.05, 3.63) is 27.3 Å². The number of hydrogen-bond acceptors (Lipinski definition) is 5. The van der Waals surface area contributed by atoms with Gasteiger partial charge in [0.25, 0.3) is 5.91 Å². The molecule has 0 bridgehead atoms. The molecule has 2 N–H and O–H groups in total. The molecule has 1 saturated heterocycles. The molecule has 0 unspecified atom stereocenters. The fraction of sp³-hybridized carbons (Fsp3) is 0.400. The first kappa shape index (κ1) is 16.5. The third kappa shape index (κ3) is 4.13. The number of amides is 3. The molecule has 1 aliphatic heterocycles. The monoisotopic (exact) mass is 367 g/mol. The molecule has 0 spiro atoms. The molecule has 3 amide bonds. The number of nitrogens with zero attached hydrogens (tertiary/aromatic N) is 1. The summed E-state index contributed by atoms with van der Waals surface area (Å²) in [5.74, 6) is -0.285. The van der Waals surface area contributed by atoms with Crippen LogP contribution in [0.2, 0.25) is 0 Å². The second-order valence-electron chi connectivity index (χ2n) is 5.45. The highest BCUT2D eigenvalue weighted by Gasteiger charge is 2.34. The molecule has 8 heteroatoms. The molecule has 3 rings (SSSR count). The number of nitrogens with one attached hydrogen (secondary N) is 2. The Hall–Kier alpha value is -1.38. The highest BCUT2D eigenvalue weighted by Crippen LogP contribution is 2.32. The Morgan fingerprint density at radius 3 is 2.83 bits per heavy atom. The molecule has 1 saturated carbocycles. The van der Waals surface area contributed by atoms with Crippen LogP contribution in [0.15, 0.2) is 22.4 Å². The van der Waals surface area contributed by atoms with E-state index in [4.69, 9.17) is 12.2 Å². The van der Waals surface area contributed by atoms with E-state index in [9.17, 15) is 9.59 Å². The fourth-order valence-corrected chi connectivity index (χ4v) is 4.54. The molecule has 0 aromatic carbocycles. The van der Waals surface area contributed by atoms with Gasteiger partial charge in [-0.2, -0.15) is 5.01 Å². The predicted molar refractivity (Wildman–Crippen MR) is 97.9 cm³/mol. The van der Waals surface area contributed by atoms with E-state index in [0.717, 1.165) is 35.6 Å². The van der Waals surface area contributed by atoms with Crippen molar-refractivity contribution in [1.29, 1.82) is 0 Å². The maximum Gasteiger partial charge on any atom is 0.334 e. The zero-order valence-corrected chi connectivity index (χ0v) is 14.9. The Balaban J connectivity index is 1.60. The van der Waals surface area contributed by atoms with Crippen LogP contribution in [-0.4, -0.2) is 27.3 Å². The van der Waals surface area contributed by atoms with Crippen molar-refractivity contribution < 1.29 is 9.59 Å². The van der Waals surface area contributed by atoms with Gasteiger partial charge in [-0.25, -0.2) is 10.2 Å². The van der Waals surface area contributed by atoms with Crippen molar-refractivity contribution in [2.24, 2.45) is 0 Å². The molecule has 23 heavy (non-hydrogen) atoms. The average Bonchev–Trinajstić information content (AvgIpc) is 3.13. The van der Waals surface area contributed by atoms with Crippen LogP contribution in [0.25, 0.3) is 6.08 Å². The van der Waals surface area contributed by atoms with E-state index in [-0.39, 0.29) is 18.0 Å². The molecule has 1 aromatic heterocycles. The summed E-state index contributed by atoms with van der Waals surface area (Å²) in [6.07, 6.45) is 7.27. The molecule has 5 nitrogen and oxygen atoms in total. The molecule has 0 radical (unpaired) electrons. The highest BCUT2D eigenvalue weighted by molar-refractivity contribution is 8.26. The van der Waals surface area contributed by atoms with E-state index in [1.165, 1.54) is 18.2 Å². The van der Waals surface area contributed by atoms with Crippen molar-refractivity contribution in [3.8, 4) is 0 Å². The van der Waals surface area contributed by atoms with Crippen LogP contribution in [0.5, 0.6) is 0 Å². The van der Waals surface area contributed by atoms with Crippen molar-refractivity contribution in [3.63, 3.8) is 0 Å². The van der Waals surface area contributed by atoms with Gasteiger partial charge in [0.1, 0.15) is 0 Å². The lowest BCUT2D eigenvalue weighted by molar-refractivity contribution is -0.123. The average molecular weight is 368 g/mol. The quantitative estimate of drug-likeness (QED) is 0.634. The van der Waals surface area contributed by atoms with Gasteiger partial charge in [-0.15, -0.1) is 11.3 Å². The number of hydrogen-bond donors (Lipinski definition) is 2. The Morgan fingerprint density at radius 2 is 2.13 bits per heavy atom. The van der Waals surface area contributed by atoms with Gasteiger partial charge >= 0.3 is 6.03 Å². The summed E-state index contributed by atoms with van der Waals surface area (Å²) in [6.45, 7) is 0. The third-order valence-corrected chi connectivity index (χ3v) is 5.89. The number of rotatable bonds is 3. The van der Waals surface area contributed by atoms with E-state index >= 15 is 0 Å². The SMILES string of the molecule is O=C(NC1CCCCC1)NN1C(=O)C(=Cc2cccs2)SC1=S. The Morgan fingerprint density at radius 1 is 1.35 bits per heavy atom. The van der Waals surface area contributed by atoms with E-state index in [2.05, 4.69) is 10.7 Å². The smallest absolute Gasteiger partial charge is 0.334 e. The first-order valence-electron chi connectivity index (χ1n) is 7.52. The summed E-state index contributed by atoms with van der Waals surface area (Å²) < 4.78 is 0.344. The van der Waals surface area contributed by atoms with Crippen molar-refractivity contribution >= 4 is 57.7 Å². The number of hydrazine groups is 1. The first-order valence-corrected chi connectivity index (χ1v) is 9.62. The maximum atomic E-state index is 12.4. The van der Waals surface area contributed by atoms with Gasteiger partial charge in [0, 0.05) is 10.9 Å². The van der Waals surface area contributed by atoms with E-state index < -0.39 is 0 Å². The number of carbonyl (C=O) groups is 2. The number of urea groups is 1.